The summed E-state index contributed by atoms with van der Waals surface area (Å²) in [4.78, 5) is 12.7. The van der Waals surface area contributed by atoms with Gasteiger partial charge < -0.3 is 14.6 Å². The number of allylic oxidation sites excluding steroid dienone is 2. The Morgan fingerprint density at radius 1 is 1.23 bits per heavy atom. The summed E-state index contributed by atoms with van der Waals surface area (Å²) < 4.78 is 6.74. The minimum atomic E-state index is -2.23. The third kappa shape index (κ3) is 6.32. The molecule has 0 aromatic heterocycles. The van der Waals surface area contributed by atoms with Gasteiger partial charge in [0, 0.05) is 5.92 Å². The highest BCUT2D eigenvalue weighted by atomic mass is 28.4. The fourth-order valence-electron chi connectivity index (χ4n) is 5.04. The molecule has 0 aromatic rings. The van der Waals surface area contributed by atoms with E-state index in [1.54, 1.807) is 0 Å². The van der Waals surface area contributed by atoms with Crippen molar-refractivity contribution in [3.63, 3.8) is 0 Å². The van der Waals surface area contributed by atoms with Crippen molar-refractivity contribution in [2.75, 3.05) is 0 Å². The Morgan fingerprint density at radius 3 is 2.42 bits per heavy atom. The maximum atomic E-state index is 12.7. The van der Waals surface area contributed by atoms with Crippen molar-refractivity contribution >= 4 is 14.3 Å². The van der Waals surface area contributed by atoms with Crippen LogP contribution in [0.2, 0.25) is 18.1 Å². The van der Waals surface area contributed by atoms with Crippen molar-refractivity contribution < 1.29 is 19.4 Å². The number of aliphatic hydroxyl groups excluding tert-OH is 1. The fourth-order valence-corrected chi connectivity index (χ4v) is 6.61. The molecule has 0 aromatic carbocycles. The molecule has 0 radical (unpaired) electrons. The molecule has 2 rings (SSSR count). The minimum Gasteiger partial charge on any atom is -0.479 e. The van der Waals surface area contributed by atoms with E-state index < -0.39 is 19.9 Å². The molecule has 1 saturated carbocycles. The first kappa shape index (κ1) is 26.3. The number of rotatable bonds is 11. The Hall–Kier alpha value is -0.913. The van der Waals surface area contributed by atoms with E-state index in [4.69, 9.17) is 4.43 Å². The van der Waals surface area contributed by atoms with Gasteiger partial charge in [0.15, 0.2) is 13.9 Å². The molecule has 5 heteroatoms. The first-order valence-corrected chi connectivity index (χ1v) is 15.3. The zero-order valence-electron chi connectivity index (χ0n) is 20.7. The van der Waals surface area contributed by atoms with E-state index in [1.165, 1.54) is 5.57 Å². The van der Waals surface area contributed by atoms with Crippen LogP contribution in [0.15, 0.2) is 23.8 Å². The van der Waals surface area contributed by atoms with E-state index in [0.717, 1.165) is 51.4 Å². The second-order valence-electron chi connectivity index (χ2n) is 11.2. The van der Waals surface area contributed by atoms with Gasteiger partial charge in [0.25, 0.3) is 0 Å². The molecular formula is C26H46O4Si. The lowest BCUT2D eigenvalue weighted by molar-refractivity contribution is -0.163. The first-order chi connectivity index (χ1) is 14.4. The van der Waals surface area contributed by atoms with Crippen molar-refractivity contribution in [3.05, 3.63) is 23.8 Å². The third-order valence-electron chi connectivity index (χ3n) is 7.96. The topological polar surface area (TPSA) is 66.8 Å². The van der Waals surface area contributed by atoms with Crippen LogP contribution in [0.5, 0.6) is 0 Å². The van der Waals surface area contributed by atoms with E-state index in [-0.39, 0.29) is 23.0 Å². The molecule has 0 aliphatic heterocycles. The van der Waals surface area contributed by atoms with Gasteiger partial charge in [0.05, 0.1) is 6.10 Å². The smallest absolute Gasteiger partial charge is 0.335 e. The Labute approximate surface area is 191 Å². The van der Waals surface area contributed by atoms with Gasteiger partial charge in [-0.2, -0.15) is 0 Å². The SMILES string of the molecule is CCCC1=CCC(O)[C@@H]1CC=CCCC(O[Si](C)(C)C(C)(C)C)(C(=O)O)C1CCCC1. The number of aliphatic carboxylic acids is 1. The van der Waals surface area contributed by atoms with Crippen LogP contribution in [0, 0.1) is 11.8 Å². The Bertz CT molecular complexity index is 655. The normalized spacial score (nSPS) is 25.2. The summed E-state index contributed by atoms with van der Waals surface area (Å²) in [5.41, 5.74) is 0.302. The summed E-state index contributed by atoms with van der Waals surface area (Å²) in [6.45, 7) is 13.0. The quantitative estimate of drug-likeness (QED) is 0.267. The second-order valence-corrected chi connectivity index (χ2v) is 15.9. The van der Waals surface area contributed by atoms with Gasteiger partial charge in [-0.1, -0.05) is 70.8 Å². The molecule has 3 atom stereocenters. The summed E-state index contributed by atoms with van der Waals surface area (Å²) in [5.74, 6) is -0.459. The molecule has 2 aliphatic carbocycles. The Balaban J connectivity index is 2.10. The molecule has 0 amide bonds. The van der Waals surface area contributed by atoms with Crippen LogP contribution >= 0.6 is 0 Å². The van der Waals surface area contributed by atoms with Gasteiger partial charge in [-0.15, -0.1) is 0 Å². The molecule has 178 valence electrons. The summed E-state index contributed by atoms with van der Waals surface area (Å²) in [7, 11) is -2.23. The standard InChI is InChI=1S/C26H46O4Si/c1-7-13-20-17-18-23(27)22(20)16-9-8-12-19-26(24(28)29,21-14-10-11-15-21)30-31(5,6)25(2,3)4/h8-9,17,21-23,27H,7,10-16,18-19H2,1-6H3,(H,28,29)/t22-,23?,26?/m1/s1. The first-order valence-electron chi connectivity index (χ1n) is 12.4. The van der Waals surface area contributed by atoms with Gasteiger partial charge >= 0.3 is 5.97 Å². The molecule has 4 nitrogen and oxygen atoms in total. The molecule has 2 unspecified atom stereocenters. The van der Waals surface area contributed by atoms with Gasteiger partial charge in [-0.25, -0.2) is 4.79 Å². The molecule has 0 saturated heterocycles. The average molecular weight is 451 g/mol. The van der Waals surface area contributed by atoms with Gasteiger partial charge in [0.1, 0.15) is 0 Å². The molecule has 31 heavy (non-hydrogen) atoms. The summed E-state index contributed by atoms with van der Waals surface area (Å²) in [6, 6.07) is 0. The number of aliphatic hydroxyl groups is 1. The summed E-state index contributed by atoms with van der Waals surface area (Å²) in [5, 5.41) is 20.7. The van der Waals surface area contributed by atoms with Crippen LogP contribution in [0.3, 0.4) is 0 Å². The molecule has 2 aliphatic rings. The number of carboxylic acids is 1. The fraction of sp³-hybridized carbons (Fsp3) is 0.808. The van der Waals surface area contributed by atoms with Crippen LogP contribution in [-0.2, 0) is 9.22 Å². The van der Waals surface area contributed by atoms with Crippen LogP contribution in [0.25, 0.3) is 0 Å². The van der Waals surface area contributed by atoms with E-state index in [9.17, 15) is 15.0 Å². The largest absolute Gasteiger partial charge is 0.479 e. The minimum absolute atomic E-state index is 0.0250. The zero-order chi connectivity index (χ0) is 23.3. The molecule has 1 fully saturated rings. The van der Waals surface area contributed by atoms with Crippen LogP contribution in [-0.4, -0.2) is 36.2 Å². The van der Waals surface area contributed by atoms with E-state index in [1.807, 2.05) is 0 Å². The molecular weight excluding hydrogens is 404 g/mol. The van der Waals surface area contributed by atoms with Gasteiger partial charge in [-0.05, 0) is 69.0 Å². The lowest BCUT2D eigenvalue weighted by atomic mass is 9.82. The number of carbonyl (C=O) groups is 1. The van der Waals surface area contributed by atoms with Gasteiger partial charge in [-0.3, -0.25) is 0 Å². The predicted molar refractivity (Wildman–Crippen MR) is 131 cm³/mol. The van der Waals surface area contributed by atoms with Crippen LogP contribution in [0.1, 0.15) is 91.9 Å². The molecule has 0 heterocycles. The third-order valence-corrected chi connectivity index (χ3v) is 12.4. The molecule has 2 N–H and O–H groups in total. The van der Waals surface area contributed by atoms with Crippen molar-refractivity contribution in [1.82, 2.24) is 0 Å². The van der Waals surface area contributed by atoms with Crippen LogP contribution < -0.4 is 0 Å². The second kappa shape index (κ2) is 10.8. The monoisotopic (exact) mass is 450 g/mol. The molecule has 0 bridgehead atoms. The number of carboxylic acid groups (broad SMARTS) is 1. The Kier molecular flexibility index (Phi) is 9.18. The average Bonchev–Trinajstić information content (AvgIpc) is 3.31. The van der Waals surface area contributed by atoms with Crippen molar-refractivity contribution in [2.45, 2.75) is 122 Å². The zero-order valence-corrected chi connectivity index (χ0v) is 21.7. The highest BCUT2D eigenvalue weighted by molar-refractivity contribution is 6.74. The lowest BCUT2D eigenvalue weighted by Crippen LogP contribution is -2.57. The lowest BCUT2D eigenvalue weighted by Gasteiger charge is -2.46. The maximum absolute atomic E-state index is 12.7. The van der Waals surface area contributed by atoms with Crippen molar-refractivity contribution in [3.8, 4) is 0 Å². The number of hydrogen-bond acceptors (Lipinski definition) is 3. The highest BCUT2D eigenvalue weighted by Crippen LogP contribution is 2.46. The Morgan fingerprint density at radius 2 is 1.87 bits per heavy atom. The maximum Gasteiger partial charge on any atom is 0.335 e. The van der Waals surface area contributed by atoms with E-state index in [2.05, 4.69) is 59.0 Å². The predicted octanol–water partition coefficient (Wildman–Crippen LogP) is 6.86. The number of hydrogen-bond donors (Lipinski definition) is 2. The van der Waals surface area contributed by atoms with Crippen molar-refractivity contribution in [1.29, 1.82) is 0 Å². The van der Waals surface area contributed by atoms with Crippen molar-refractivity contribution in [2.24, 2.45) is 11.8 Å². The summed E-state index contributed by atoms with van der Waals surface area (Å²) in [6.07, 6.45) is 15.3. The summed E-state index contributed by atoms with van der Waals surface area (Å²) >= 11 is 0. The molecule has 0 spiro atoms. The van der Waals surface area contributed by atoms with Gasteiger partial charge in [0.2, 0.25) is 0 Å². The van der Waals surface area contributed by atoms with E-state index in [0.29, 0.717) is 12.8 Å². The van der Waals surface area contributed by atoms with Crippen LogP contribution in [0.4, 0.5) is 0 Å². The van der Waals surface area contributed by atoms with E-state index >= 15 is 0 Å². The highest BCUT2D eigenvalue weighted by Gasteiger charge is 2.53.